The van der Waals surface area contributed by atoms with Crippen molar-refractivity contribution in [1.82, 2.24) is 4.98 Å². The van der Waals surface area contributed by atoms with E-state index in [1.54, 1.807) is 13.0 Å². The van der Waals surface area contributed by atoms with Gasteiger partial charge in [-0.3, -0.25) is 4.79 Å². The molecule has 1 aromatic carbocycles. The zero-order valence-corrected chi connectivity index (χ0v) is 15.1. The monoisotopic (exact) mass is 339 g/mol. The quantitative estimate of drug-likeness (QED) is 0.531. The lowest BCUT2D eigenvalue weighted by atomic mass is 10.1. The maximum Gasteiger partial charge on any atom is 0.340 e. The van der Waals surface area contributed by atoms with E-state index in [0.717, 1.165) is 11.1 Å². The van der Waals surface area contributed by atoms with E-state index in [1.165, 1.54) is 6.07 Å². The number of nitrogens with zero attached hydrogens (tertiary/aromatic N) is 1. The number of pyridine rings is 1. The number of hydrogen-bond donors (Lipinski definition) is 0. The predicted octanol–water partition coefficient (Wildman–Crippen LogP) is 4.08. The van der Waals surface area contributed by atoms with Crippen molar-refractivity contribution < 1.29 is 13.9 Å². The third-order valence-electron chi connectivity index (χ3n) is 4.05. The number of aromatic nitrogens is 1. The first-order valence-electron chi connectivity index (χ1n) is 8.30. The Hall–Kier alpha value is -2.69. The first-order chi connectivity index (χ1) is 11.8. The highest BCUT2D eigenvalue weighted by molar-refractivity contribution is 5.96. The van der Waals surface area contributed by atoms with Crippen molar-refractivity contribution in [2.45, 2.75) is 34.6 Å². The minimum Gasteiger partial charge on any atom is -0.462 e. The van der Waals surface area contributed by atoms with Crippen molar-refractivity contribution >= 4 is 28.0 Å². The van der Waals surface area contributed by atoms with Crippen LogP contribution in [-0.4, -0.2) is 17.6 Å². The SMILES string of the molecule is Cc1cc(C)c2oc3nc(C)c(C(=O)OCC(C)C)cc3c(=O)c2c1. The van der Waals surface area contributed by atoms with Crippen molar-refractivity contribution in [1.29, 1.82) is 0 Å². The highest BCUT2D eigenvalue weighted by Gasteiger charge is 2.18. The molecule has 0 radical (unpaired) electrons. The molecule has 0 aliphatic heterocycles. The molecule has 0 aliphatic rings. The maximum atomic E-state index is 12.9. The van der Waals surface area contributed by atoms with E-state index in [4.69, 9.17) is 9.15 Å². The average molecular weight is 339 g/mol. The van der Waals surface area contributed by atoms with Gasteiger partial charge in [0.05, 0.1) is 28.6 Å². The van der Waals surface area contributed by atoms with Gasteiger partial charge in [0, 0.05) is 0 Å². The molecule has 0 N–H and O–H groups in total. The second kappa shape index (κ2) is 6.31. The lowest BCUT2D eigenvalue weighted by molar-refractivity contribution is 0.0458. The Balaban J connectivity index is 2.23. The summed E-state index contributed by atoms with van der Waals surface area (Å²) in [5, 5.41) is 0.789. The van der Waals surface area contributed by atoms with E-state index in [-0.39, 0.29) is 17.1 Å². The van der Waals surface area contributed by atoms with Gasteiger partial charge in [-0.25, -0.2) is 9.78 Å². The molecule has 0 unspecified atom stereocenters. The van der Waals surface area contributed by atoms with Gasteiger partial charge in [-0.15, -0.1) is 0 Å². The fourth-order valence-electron chi connectivity index (χ4n) is 2.85. The Bertz CT molecular complexity index is 1050. The molecule has 0 fully saturated rings. The van der Waals surface area contributed by atoms with Gasteiger partial charge >= 0.3 is 5.97 Å². The zero-order chi connectivity index (χ0) is 18.3. The molecule has 2 aromatic heterocycles. The number of carbonyl (C=O) groups is 1. The van der Waals surface area contributed by atoms with Gasteiger partial charge < -0.3 is 9.15 Å². The third-order valence-corrected chi connectivity index (χ3v) is 4.05. The molecule has 0 aliphatic carbocycles. The summed E-state index contributed by atoms with van der Waals surface area (Å²) >= 11 is 0. The van der Waals surface area contributed by atoms with Crippen LogP contribution in [-0.2, 0) is 4.74 Å². The van der Waals surface area contributed by atoms with Crippen LogP contribution in [0.5, 0.6) is 0 Å². The van der Waals surface area contributed by atoms with Crippen LogP contribution in [0, 0.1) is 26.7 Å². The molecule has 3 rings (SSSR count). The standard InChI is InChI=1S/C20H21NO4/c1-10(2)9-24-20(23)14-8-16-17(22)15-7-11(3)6-12(4)18(15)25-19(16)21-13(14)5/h6-8,10H,9H2,1-5H3. The van der Waals surface area contributed by atoms with Crippen molar-refractivity contribution in [3.63, 3.8) is 0 Å². The Morgan fingerprint density at radius 2 is 1.88 bits per heavy atom. The number of ether oxygens (including phenoxy) is 1. The molecule has 0 spiro atoms. The van der Waals surface area contributed by atoms with Crippen LogP contribution < -0.4 is 5.43 Å². The van der Waals surface area contributed by atoms with E-state index in [2.05, 4.69) is 4.98 Å². The second-order valence-corrected chi connectivity index (χ2v) is 6.86. The summed E-state index contributed by atoms with van der Waals surface area (Å²) in [7, 11) is 0. The minimum atomic E-state index is -0.472. The molecule has 3 aromatic rings. The van der Waals surface area contributed by atoms with E-state index >= 15 is 0 Å². The fraction of sp³-hybridized carbons (Fsp3) is 0.350. The number of fused-ring (bicyclic) bond motifs is 2. The van der Waals surface area contributed by atoms with Gasteiger partial charge in [-0.2, -0.15) is 0 Å². The molecule has 5 heteroatoms. The minimum absolute atomic E-state index is 0.187. The summed E-state index contributed by atoms with van der Waals surface area (Å²) in [5.41, 5.74) is 3.22. The van der Waals surface area contributed by atoms with Crippen molar-refractivity contribution in [2.24, 2.45) is 5.92 Å². The topological polar surface area (TPSA) is 69.4 Å². The molecule has 0 saturated carbocycles. The third kappa shape index (κ3) is 3.14. The first-order valence-corrected chi connectivity index (χ1v) is 8.30. The normalized spacial score (nSPS) is 11.4. The summed E-state index contributed by atoms with van der Waals surface area (Å²) in [5.74, 6) is -0.238. The van der Waals surface area contributed by atoms with Crippen LogP contribution >= 0.6 is 0 Å². The summed E-state index contributed by atoms with van der Waals surface area (Å²) in [6, 6.07) is 5.29. The van der Waals surface area contributed by atoms with E-state index in [0.29, 0.717) is 34.2 Å². The molecular formula is C20H21NO4. The Kier molecular flexibility index (Phi) is 4.33. The summed E-state index contributed by atoms with van der Waals surface area (Å²) < 4.78 is 11.1. The Labute approximate surface area is 145 Å². The van der Waals surface area contributed by atoms with Gasteiger partial charge in [-0.05, 0) is 49.9 Å². The molecule has 2 heterocycles. The van der Waals surface area contributed by atoms with Crippen molar-refractivity contribution in [3.05, 3.63) is 50.8 Å². The highest BCUT2D eigenvalue weighted by atomic mass is 16.5. The van der Waals surface area contributed by atoms with Gasteiger partial charge in [0.25, 0.3) is 0 Å². The number of esters is 1. The van der Waals surface area contributed by atoms with Crippen LogP contribution in [0.2, 0.25) is 0 Å². The predicted molar refractivity (Wildman–Crippen MR) is 97.1 cm³/mol. The van der Waals surface area contributed by atoms with Crippen LogP contribution in [0.3, 0.4) is 0 Å². The summed E-state index contributed by atoms with van der Waals surface area (Å²) in [6.07, 6.45) is 0. The Morgan fingerprint density at radius 3 is 2.56 bits per heavy atom. The Morgan fingerprint density at radius 1 is 1.16 bits per heavy atom. The number of carbonyl (C=O) groups excluding carboxylic acids is 1. The molecule has 0 saturated heterocycles. The first kappa shape index (κ1) is 17.1. The van der Waals surface area contributed by atoms with Crippen LogP contribution in [0.15, 0.2) is 27.4 Å². The fourth-order valence-corrected chi connectivity index (χ4v) is 2.85. The van der Waals surface area contributed by atoms with E-state index in [9.17, 15) is 9.59 Å². The molecule has 5 nitrogen and oxygen atoms in total. The summed E-state index contributed by atoms with van der Waals surface area (Å²) in [6.45, 7) is 9.78. The molecule has 0 amide bonds. The van der Waals surface area contributed by atoms with Gasteiger partial charge in [-0.1, -0.05) is 19.9 Å². The van der Waals surface area contributed by atoms with E-state index < -0.39 is 5.97 Å². The average Bonchev–Trinajstić information content (AvgIpc) is 2.53. The molecule has 0 atom stereocenters. The second-order valence-electron chi connectivity index (χ2n) is 6.86. The smallest absolute Gasteiger partial charge is 0.340 e. The van der Waals surface area contributed by atoms with Gasteiger partial charge in [0.15, 0.2) is 0 Å². The maximum absolute atomic E-state index is 12.9. The van der Waals surface area contributed by atoms with Gasteiger partial charge in [0.1, 0.15) is 5.58 Å². The number of hydrogen-bond acceptors (Lipinski definition) is 5. The van der Waals surface area contributed by atoms with Crippen LogP contribution in [0.4, 0.5) is 0 Å². The summed E-state index contributed by atoms with van der Waals surface area (Å²) in [4.78, 5) is 29.5. The molecule has 130 valence electrons. The van der Waals surface area contributed by atoms with Crippen LogP contribution in [0.25, 0.3) is 22.1 Å². The molecular weight excluding hydrogens is 318 g/mol. The zero-order valence-electron chi connectivity index (χ0n) is 15.1. The van der Waals surface area contributed by atoms with E-state index in [1.807, 2.05) is 33.8 Å². The van der Waals surface area contributed by atoms with Gasteiger partial charge in [0.2, 0.25) is 11.1 Å². The van der Waals surface area contributed by atoms with Crippen molar-refractivity contribution in [2.75, 3.05) is 6.61 Å². The highest BCUT2D eigenvalue weighted by Crippen LogP contribution is 2.23. The number of rotatable bonds is 3. The van der Waals surface area contributed by atoms with Crippen molar-refractivity contribution in [3.8, 4) is 0 Å². The lowest BCUT2D eigenvalue weighted by Crippen LogP contribution is -2.14. The number of benzene rings is 1. The lowest BCUT2D eigenvalue weighted by Gasteiger charge is -2.10. The molecule has 0 bridgehead atoms. The largest absolute Gasteiger partial charge is 0.462 e. The number of aryl methyl sites for hydroxylation is 3. The molecule has 25 heavy (non-hydrogen) atoms. The van der Waals surface area contributed by atoms with Crippen LogP contribution in [0.1, 0.15) is 41.0 Å².